The monoisotopic (exact) mass is 268 g/mol. The third-order valence-corrected chi connectivity index (χ3v) is 2.83. The summed E-state index contributed by atoms with van der Waals surface area (Å²) in [6.07, 6.45) is 1.65. The number of hydrogen-bond donors (Lipinski definition) is 0. The highest BCUT2D eigenvalue weighted by atomic mass is 79.9. The zero-order valence-corrected chi connectivity index (χ0v) is 9.46. The summed E-state index contributed by atoms with van der Waals surface area (Å²) in [4.78, 5) is 8.32. The van der Waals surface area contributed by atoms with Crippen molar-refractivity contribution in [1.82, 2.24) is 9.97 Å². The van der Waals surface area contributed by atoms with E-state index in [1.165, 1.54) is 0 Å². The highest BCUT2D eigenvalue weighted by Crippen LogP contribution is 2.22. The van der Waals surface area contributed by atoms with Crippen molar-refractivity contribution in [3.05, 3.63) is 46.2 Å². The van der Waals surface area contributed by atoms with E-state index in [9.17, 15) is 0 Å². The van der Waals surface area contributed by atoms with Crippen LogP contribution in [0.25, 0.3) is 11.4 Å². The third kappa shape index (κ3) is 1.94. The van der Waals surface area contributed by atoms with Crippen LogP contribution in [0.5, 0.6) is 0 Å². The lowest BCUT2D eigenvalue weighted by Gasteiger charge is -2.00. The maximum atomic E-state index is 5.87. The molecule has 1 heterocycles. The van der Waals surface area contributed by atoms with Gasteiger partial charge >= 0.3 is 0 Å². The van der Waals surface area contributed by atoms with Gasteiger partial charge in [-0.1, -0.05) is 41.9 Å². The van der Waals surface area contributed by atoms with E-state index in [0.29, 0.717) is 15.5 Å². The fourth-order valence-electron chi connectivity index (χ4n) is 1.07. The van der Waals surface area contributed by atoms with Gasteiger partial charge in [0.2, 0.25) is 0 Å². The van der Waals surface area contributed by atoms with Crippen molar-refractivity contribution in [2.75, 3.05) is 0 Å². The highest BCUT2D eigenvalue weighted by Gasteiger charge is 2.03. The molecule has 0 aliphatic rings. The third-order valence-electron chi connectivity index (χ3n) is 1.73. The number of halogens is 2. The Morgan fingerprint density at radius 3 is 2.50 bits per heavy atom. The Morgan fingerprint density at radius 2 is 1.86 bits per heavy atom. The van der Waals surface area contributed by atoms with Crippen LogP contribution in [0.15, 0.2) is 41.0 Å². The maximum Gasteiger partial charge on any atom is 0.160 e. The molecule has 1 aromatic heterocycles. The zero-order valence-electron chi connectivity index (χ0n) is 7.11. The van der Waals surface area contributed by atoms with Gasteiger partial charge < -0.3 is 0 Å². The van der Waals surface area contributed by atoms with Crippen LogP contribution in [-0.4, -0.2) is 9.97 Å². The van der Waals surface area contributed by atoms with Crippen molar-refractivity contribution in [2.45, 2.75) is 0 Å². The topological polar surface area (TPSA) is 25.8 Å². The molecule has 0 amide bonds. The fourth-order valence-corrected chi connectivity index (χ4v) is 1.39. The molecule has 0 unspecified atom stereocenters. The molecular weight excluding hydrogens is 263 g/mol. The predicted molar refractivity (Wildman–Crippen MR) is 60.2 cm³/mol. The maximum absolute atomic E-state index is 5.87. The van der Waals surface area contributed by atoms with Gasteiger partial charge in [-0.3, -0.25) is 0 Å². The van der Waals surface area contributed by atoms with E-state index in [-0.39, 0.29) is 0 Å². The minimum absolute atomic E-state index is 0.429. The largest absolute Gasteiger partial charge is 0.235 e. The summed E-state index contributed by atoms with van der Waals surface area (Å²) in [6, 6.07) is 9.71. The van der Waals surface area contributed by atoms with Crippen molar-refractivity contribution >= 4 is 27.5 Å². The van der Waals surface area contributed by atoms with Gasteiger partial charge in [-0.2, -0.15) is 0 Å². The van der Waals surface area contributed by atoms with Crippen molar-refractivity contribution in [3.8, 4) is 11.4 Å². The second-order valence-corrected chi connectivity index (χ2v) is 3.91. The van der Waals surface area contributed by atoms with Crippen LogP contribution in [0.1, 0.15) is 0 Å². The number of hydrogen-bond acceptors (Lipinski definition) is 2. The minimum Gasteiger partial charge on any atom is -0.235 e. The van der Waals surface area contributed by atoms with E-state index >= 15 is 0 Å². The van der Waals surface area contributed by atoms with Crippen molar-refractivity contribution in [2.24, 2.45) is 0 Å². The van der Waals surface area contributed by atoms with Crippen LogP contribution < -0.4 is 0 Å². The Balaban J connectivity index is 2.48. The van der Waals surface area contributed by atoms with Gasteiger partial charge in [0.05, 0.1) is 4.47 Å². The summed E-state index contributed by atoms with van der Waals surface area (Å²) in [5.74, 6) is 0.638. The average Bonchev–Trinajstić information content (AvgIpc) is 2.23. The Bertz CT molecular complexity index is 445. The molecule has 0 saturated heterocycles. The van der Waals surface area contributed by atoms with Crippen molar-refractivity contribution in [1.29, 1.82) is 0 Å². The van der Waals surface area contributed by atoms with Crippen LogP contribution in [0.2, 0.25) is 5.15 Å². The number of nitrogens with zero attached hydrogens (tertiary/aromatic N) is 2. The fraction of sp³-hybridized carbons (Fsp3) is 0. The molecule has 0 radical (unpaired) electrons. The van der Waals surface area contributed by atoms with Gasteiger partial charge in [-0.25, -0.2) is 9.97 Å². The summed E-state index contributed by atoms with van der Waals surface area (Å²) in [5.41, 5.74) is 0.960. The summed E-state index contributed by atoms with van der Waals surface area (Å²) < 4.78 is 0.707. The molecular formula is C10H6BrClN2. The molecule has 2 nitrogen and oxygen atoms in total. The van der Waals surface area contributed by atoms with Gasteiger partial charge in [0.1, 0.15) is 5.15 Å². The van der Waals surface area contributed by atoms with Crippen LogP contribution in [0, 0.1) is 0 Å². The second-order valence-electron chi connectivity index (χ2n) is 2.70. The standard InChI is InChI=1S/C10H6BrClN2/c11-8-6-13-10(14-9(8)12)7-4-2-1-3-5-7/h1-6H. The first-order valence-electron chi connectivity index (χ1n) is 4.01. The molecule has 70 valence electrons. The summed E-state index contributed by atoms with van der Waals surface area (Å²) in [7, 11) is 0. The van der Waals surface area contributed by atoms with E-state index in [2.05, 4.69) is 25.9 Å². The molecule has 1 aromatic carbocycles. The number of benzene rings is 1. The van der Waals surface area contributed by atoms with E-state index in [4.69, 9.17) is 11.6 Å². The minimum atomic E-state index is 0.429. The normalized spacial score (nSPS) is 10.1. The molecule has 0 atom stereocenters. The van der Waals surface area contributed by atoms with Crippen LogP contribution >= 0.6 is 27.5 Å². The first-order valence-corrected chi connectivity index (χ1v) is 5.18. The van der Waals surface area contributed by atoms with Crippen LogP contribution in [0.4, 0.5) is 0 Å². The summed E-state index contributed by atoms with van der Waals surface area (Å²) in [6.45, 7) is 0. The molecule has 0 bridgehead atoms. The number of aromatic nitrogens is 2. The van der Waals surface area contributed by atoms with Gasteiger partial charge in [-0.05, 0) is 15.9 Å². The second kappa shape index (κ2) is 4.07. The Kier molecular flexibility index (Phi) is 2.79. The van der Waals surface area contributed by atoms with E-state index in [0.717, 1.165) is 5.56 Å². The Morgan fingerprint density at radius 1 is 1.14 bits per heavy atom. The molecule has 2 aromatic rings. The molecule has 2 rings (SSSR count). The average molecular weight is 270 g/mol. The lowest BCUT2D eigenvalue weighted by molar-refractivity contribution is 1.16. The van der Waals surface area contributed by atoms with E-state index in [1.54, 1.807) is 6.20 Å². The smallest absolute Gasteiger partial charge is 0.160 e. The molecule has 0 fully saturated rings. The van der Waals surface area contributed by atoms with Crippen molar-refractivity contribution < 1.29 is 0 Å². The van der Waals surface area contributed by atoms with Gasteiger partial charge in [0.15, 0.2) is 5.82 Å². The van der Waals surface area contributed by atoms with E-state index in [1.807, 2.05) is 30.3 Å². The summed E-state index contributed by atoms with van der Waals surface area (Å²) >= 11 is 9.11. The highest BCUT2D eigenvalue weighted by molar-refractivity contribution is 9.10. The molecule has 0 N–H and O–H groups in total. The molecule has 14 heavy (non-hydrogen) atoms. The quantitative estimate of drug-likeness (QED) is 0.740. The summed E-state index contributed by atoms with van der Waals surface area (Å²) in [5, 5.41) is 0.429. The number of rotatable bonds is 1. The van der Waals surface area contributed by atoms with Crippen LogP contribution in [-0.2, 0) is 0 Å². The first-order chi connectivity index (χ1) is 6.77. The van der Waals surface area contributed by atoms with Crippen LogP contribution in [0.3, 0.4) is 0 Å². The van der Waals surface area contributed by atoms with Gasteiger partial charge in [-0.15, -0.1) is 0 Å². The van der Waals surface area contributed by atoms with Crippen molar-refractivity contribution in [3.63, 3.8) is 0 Å². The predicted octanol–water partition coefficient (Wildman–Crippen LogP) is 3.56. The lowest BCUT2D eigenvalue weighted by Crippen LogP contribution is -1.89. The van der Waals surface area contributed by atoms with Gasteiger partial charge in [0.25, 0.3) is 0 Å². The Labute approximate surface area is 95.1 Å². The molecule has 0 saturated carbocycles. The lowest BCUT2D eigenvalue weighted by atomic mass is 10.2. The first kappa shape index (κ1) is 9.62. The zero-order chi connectivity index (χ0) is 9.97. The molecule has 0 aliphatic carbocycles. The van der Waals surface area contributed by atoms with E-state index < -0.39 is 0 Å². The Hall–Kier alpha value is -0.930. The molecule has 4 heteroatoms. The SMILES string of the molecule is Clc1nc(-c2ccccc2)ncc1Br. The molecule has 0 spiro atoms. The molecule has 0 aliphatic heterocycles. The van der Waals surface area contributed by atoms with Gasteiger partial charge in [0, 0.05) is 11.8 Å².